The summed E-state index contributed by atoms with van der Waals surface area (Å²) in [6, 6.07) is 0. The van der Waals surface area contributed by atoms with Crippen LogP contribution in [0.15, 0.2) is 0 Å². The molecule has 0 bridgehead atoms. The first-order valence-electron chi connectivity index (χ1n) is 0. The van der Waals surface area contributed by atoms with E-state index in [0.717, 1.165) is 0 Å². The van der Waals surface area contributed by atoms with Crippen LogP contribution >= 0.6 is 0 Å². The minimum atomic E-state index is 0. The van der Waals surface area contributed by atoms with Crippen LogP contribution in [0.1, 0.15) is 0 Å². The second-order valence-corrected chi connectivity index (χ2v) is 0. The molecule has 0 fully saturated rings. The van der Waals surface area contributed by atoms with Gasteiger partial charge >= 0.3 is 0 Å². The fourth-order valence-electron chi connectivity index (χ4n) is 0. The maximum absolute atomic E-state index is 0. The third-order valence-corrected chi connectivity index (χ3v) is 0. The number of hydrogen-bond acceptors (Lipinski definition) is 1. The van der Waals surface area contributed by atoms with Crippen molar-refractivity contribution in [2.24, 2.45) is 0 Å². The van der Waals surface area contributed by atoms with E-state index in [-0.39, 0.29) is 69.8 Å². The minimum Gasteiger partial charge on any atom is -0.412 e. The zero-order valence-corrected chi connectivity index (χ0v) is 6.35. The molecule has 0 saturated carbocycles. The summed E-state index contributed by atoms with van der Waals surface area (Å²) < 4.78 is 0. The molecule has 0 heterocycles. The van der Waals surface area contributed by atoms with Crippen LogP contribution in [-0.4, -0.2) is 21.9 Å². The third-order valence-electron chi connectivity index (χ3n) is 0. The Balaban J connectivity index is 0. The summed E-state index contributed by atoms with van der Waals surface area (Å²) in [6.45, 7) is 0. The Kier molecular flexibility index (Phi) is 3940. The Morgan fingerprint density at radius 2 is 0.500 bits per heavy atom. The first-order valence-corrected chi connectivity index (χ1v) is 0. The first-order chi connectivity index (χ1) is 0. The number of hydrogen-bond donors (Lipinski definition) is 1. The van der Waals surface area contributed by atoms with E-state index in [0.29, 0.717) is 0 Å². The molecular formula is H11CeNO4. The molecule has 6 heteroatoms. The van der Waals surface area contributed by atoms with Crippen LogP contribution in [0.5, 0.6) is 0 Å². The maximum atomic E-state index is 0. The van der Waals surface area contributed by atoms with Gasteiger partial charge in [0.1, 0.15) is 0 Å². The van der Waals surface area contributed by atoms with Crippen molar-refractivity contribution in [3.8, 4) is 0 Å². The summed E-state index contributed by atoms with van der Waals surface area (Å²) in [5.74, 6) is 0. The molecule has 0 saturated heterocycles. The molecular weight excluding hydrogens is 218 g/mol. The predicted molar refractivity (Wildman–Crippen MR) is 19.5 cm³/mol. The van der Waals surface area contributed by atoms with Gasteiger partial charge in [0.05, 0.1) is 0 Å². The Morgan fingerprint density at radius 1 is 0.500 bits per heavy atom. The van der Waals surface area contributed by atoms with Crippen molar-refractivity contribution in [3.05, 3.63) is 0 Å². The van der Waals surface area contributed by atoms with Crippen LogP contribution < -0.4 is 6.15 Å². The van der Waals surface area contributed by atoms with Gasteiger partial charge in [-0.25, -0.2) is 0 Å². The number of rotatable bonds is 0. The van der Waals surface area contributed by atoms with Gasteiger partial charge in [0, 0.05) is 41.7 Å². The summed E-state index contributed by atoms with van der Waals surface area (Å²) in [6.07, 6.45) is 0. The molecule has 11 N–H and O–H groups in total. The van der Waals surface area contributed by atoms with Crippen molar-refractivity contribution in [1.29, 1.82) is 0 Å². The normalized spacial score (nSPS) is 0. The molecule has 5 nitrogen and oxygen atoms in total. The second kappa shape index (κ2) is 120. The Morgan fingerprint density at radius 3 is 0.500 bits per heavy atom. The molecule has 0 atom stereocenters. The summed E-state index contributed by atoms with van der Waals surface area (Å²) in [4.78, 5) is 0. The van der Waals surface area contributed by atoms with E-state index < -0.39 is 0 Å². The van der Waals surface area contributed by atoms with Gasteiger partial charge in [-0.05, 0) is 0 Å². The molecule has 0 aromatic carbocycles. The molecule has 6 heavy (non-hydrogen) atoms. The van der Waals surface area contributed by atoms with Crippen LogP contribution in [0.4, 0.5) is 0 Å². The first kappa shape index (κ1) is 198. The monoisotopic (exact) mass is 229 g/mol. The van der Waals surface area contributed by atoms with E-state index in [4.69, 9.17) is 0 Å². The average molecular weight is 229 g/mol. The van der Waals surface area contributed by atoms with Gasteiger partial charge in [-0.1, -0.05) is 0 Å². The molecule has 0 aliphatic carbocycles. The van der Waals surface area contributed by atoms with E-state index in [2.05, 4.69) is 0 Å². The summed E-state index contributed by atoms with van der Waals surface area (Å²) in [7, 11) is 0. The standard InChI is InChI=1S/Ce.H3N.4H2O/h;1H3;4*1H2. The van der Waals surface area contributed by atoms with E-state index >= 15 is 0 Å². The van der Waals surface area contributed by atoms with Crippen LogP contribution in [0, 0.1) is 41.7 Å². The Bertz CT molecular complexity index is 7.51. The molecule has 0 aromatic rings. The quantitative estimate of drug-likeness (QED) is 0.456. The maximum Gasteiger partial charge on any atom is 0 e. The van der Waals surface area contributed by atoms with E-state index in [1.807, 2.05) is 0 Å². The molecule has 0 rings (SSSR count). The van der Waals surface area contributed by atoms with E-state index in [1.165, 1.54) is 0 Å². The smallest absolute Gasteiger partial charge is 0 e. The van der Waals surface area contributed by atoms with E-state index in [1.54, 1.807) is 0 Å². The van der Waals surface area contributed by atoms with Crippen LogP contribution in [0.25, 0.3) is 0 Å². The summed E-state index contributed by atoms with van der Waals surface area (Å²) in [5.41, 5.74) is 0. The zero-order chi connectivity index (χ0) is 0. The third kappa shape index (κ3) is 65.2. The molecule has 0 spiro atoms. The summed E-state index contributed by atoms with van der Waals surface area (Å²) in [5, 5.41) is 0. The molecule has 0 amide bonds. The van der Waals surface area contributed by atoms with E-state index in [9.17, 15) is 0 Å². The fraction of sp³-hybridized carbons (Fsp3) is 0. The summed E-state index contributed by atoms with van der Waals surface area (Å²) >= 11 is 0. The second-order valence-electron chi connectivity index (χ2n) is 0. The van der Waals surface area contributed by atoms with Crippen LogP contribution in [0.2, 0.25) is 0 Å². The molecule has 0 aliphatic rings. The predicted octanol–water partition coefficient (Wildman–Crippen LogP) is -3.14. The fourth-order valence-corrected chi connectivity index (χ4v) is 0. The van der Waals surface area contributed by atoms with Crippen molar-refractivity contribution in [3.63, 3.8) is 0 Å². The zero-order valence-electron chi connectivity index (χ0n) is 3.21. The molecule has 44 valence electrons. The van der Waals surface area contributed by atoms with Gasteiger partial charge < -0.3 is 28.1 Å². The Labute approximate surface area is 69.3 Å². The molecule has 0 aromatic heterocycles. The Hall–Kier alpha value is 1.18. The van der Waals surface area contributed by atoms with Crippen molar-refractivity contribution < 1.29 is 63.7 Å². The SMILES string of the molecule is N.O.O.O.O.[Ce]. The van der Waals surface area contributed by atoms with Gasteiger partial charge in [-0.3, -0.25) is 0 Å². The molecule has 0 unspecified atom stereocenters. The topological polar surface area (TPSA) is 161 Å². The van der Waals surface area contributed by atoms with Crippen LogP contribution in [-0.2, 0) is 0 Å². The van der Waals surface area contributed by atoms with Gasteiger partial charge in [-0.15, -0.1) is 0 Å². The van der Waals surface area contributed by atoms with Gasteiger partial charge in [0.15, 0.2) is 0 Å². The minimum absolute atomic E-state index is 0. The largest absolute Gasteiger partial charge is 0.412 e. The average Bonchev–Trinajstić information content (AvgIpc) is 0. The van der Waals surface area contributed by atoms with Crippen LogP contribution in [0.3, 0.4) is 0 Å². The van der Waals surface area contributed by atoms with Crippen molar-refractivity contribution >= 4 is 0 Å². The van der Waals surface area contributed by atoms with Gasteiger partial charge in [-0.2, -0.15) is 0 Å². The van der Waals surface area contributed by atoms with Crippen molar-refractivity contribution in [1.82, 2.24) is 6.15 Å². The van der Waals surface area contributed by atoms with Gasteiger partial charge in [0.25, 0.3) is 0 Å². The molecule has 0 aliphatic heterocycles. The molecule has 0 radical (unpaired) electrons. The van der Waals surface area contributed by atoms with Crippen molar-refractivity contribution in [2.45, 2.75) is 0 Å². The van der Waals surface area contributed by atoms with Gasteiger partial charge in [0.2, 0.25) is 0 Å². The van der Waals surface area contributed by atoms with Crippen molar-refractivity contribution in [2.75, 3.05) is 0 Å².